The lowest BCUT2D eigenvalue weighted by Gasteiger charge is -2.56. The second-order valence-electron chi connectivity index (χ2n) is 7.12. The van der Waals surface area contributed by atoms with Crippen LogP contribution in [0.25, 0.3) is 0 Å². The third kappa shape index (κ3) is 2.12. The average Bonchev–Trinajstić information content (AvgIpc) is 2.29. The minimum atomic E-state index is -1.14. The molecule has 1 saturated heterocycles. The normalized spacial score (nSPS) is 22.1. The minimum Gasteiger partial charge on any atom is -0.0651 e. The molecule has 1 aliphatic rings. The van der Waals surface area contributed by atoms with Crippen LogP contribution >= 0.6 is 0 Å². The molecule has 0 aromatic heterocycles. The molecule has 0 nitrogen and oxygen atoms in total. The van der Waals surface area contributed by atoms with Gasteiger partial charge in [0.1, 0.15) is 0 Å². The van der Waals surface area contributed by atoms with Gasteiger partial charge in [0.25, 0.3) is 0 Å². The van der Waals surface area contributed by atoms with E-state index >= 15 is 0 Å². The van der Waals surface area contributed by atoms with E-state index in [0.29, 0.717) is 10.1 Å². The maximum absolute atomic E-state index is 2.57. The van der Waals surface area contributed by atoms with Crippen LogP contribution in [0.5, 0.6) is 0 Å². The van der Waals surface area contributed by atoms with Gasteiger partial charge in [-0.1, -0.05) is 85.7 Å². The lowest BCUT2D eigenvalue weighted by atomic mass is 10.1. The van der Waals surface area contributed by atoms with Crippen molar-refractivity contribution < 1.29 is 0 Å². The number of hydrogen-bond donors (Lipinski definition) is 0. The van der Waals surface area contributed by atoms with Gasteiger partial charge in [0, 0.05) is 0 Å². The molecule has 0 atom stereocenters. The van der Waals surface area contributed by atoms with Crippen LogP contribution in [0, 0.1) is 0 Å². The highest BCUT2D eigenvalue weighted by Gasteiger charge is 2.54. The standard InChI is InChI=1S/C15H32Si/c1-7-14(3,4)16(15(5,6)8-2)12-10-9-11-13-16/h7-13H2,1-6H3. The average molecular weight is 241 g/mol. The van der Waals surface area contributed by atoms with Crippen LogP contribution in [0.3, 0.4) is 0 Å². The first-order valence-corrected chi connectivity index (χ1v) is 9.74. The molecule has 0 bridgehead atoms. The Morgan fingerprint density at radius 3 is 1.44 bits per heavy atom. The van der Waals surface area contributed by atoms with Crippen molar-refractivity contribution in [1.29, 1.82) is 0 Å². The van der Waals surface area contributed by atoms with E-state index in [2.05, 4.69) is 41.5 Å². The zero-order valence-electron chi connectivity index (χ0n) is 12.4. The van der Waals surface area contributed by atoms with Crippen LogP contribution in [-0.4, -0.2) is 8.07 Å². The fraction of sp³-hybridized carbons (Fsp3) is 1.00. The fourth-order valence-electron chi connectivity index (χ4n) is 4.10. The Kier molecular flexibility index (Phi) is 4.32. The summed E-state index contributed by atoms with van der Waals surface area (Å²) < 4.78 is 0. The van der Waals surface area contributed by atoms with Gasteiger partial charge >= 0.3 is 0 Å². The van der Waals surface area contributed by atoms with Crippen LogP contribution in [0.4, 0.5) is 0 Å². The summed E-state index contributed by atoms with van der Waals surface area (Å²) in [5.74, 6) is 0. The summed E-state index contributed by atoms with van der Waals surface area (Å²) in [6.45, 7) is 15.1. The summed E-state index contributed by atoms with van der Waals surface area (Å²) in [6, 6.07) is 3.18. The predicted molar refractivity (Wildman–Crippen MR) is 77.9 cm³/mol. The summed E-state index contributed by atoms with van der Waals surface area (Å²) in [5, 5.41) is 1.26. The first kappa shape index (κ1) is 14.3. The highest BCUT2D eigenvalue weighted by molar-refractivity contribution is 6.85. The maximum Gasteiger partial charge on any atom is 0.0649 e. The highest BCUT2D eigenvalue weighted by Crippen LogP contribution is 2.61. The van der Waals surface area contributed by atoms with Crippen LogP contribution in [0.1, 0.15) is 73.6 Å². The molecule has 0 unspecified atom stereocenters. The Balaban J connectivity index is 3.11. The van der Waals surface area contributed by atoms with Crippen LogP contribution < -0.4 is 0 Å². The van der Waals surface area contributed by atoms with Gasteiger partial charge in [0.05, 0.1) is 8.07 Å². The van der Waals surface area contributed by atoms with Crippen molar-refractivity contribution in [2.45, 2.75) is 95.8 Å². The summed E-state index contributed by atoms with van der Waals surface area (Å²) in [5.41, 5.74) is 0. The second kappa shape index (κ2) is 4.84. The number of rotatable bonds is 4. The molecule has 1 heterocycles. The molecule has 0 amide bonds. The van der Waals surface area contributed by atoms with Crippen molar-refractivity contribution in [3.63, 3.8) is 0 Å². The molecule has 0 radical (unpaired) electrons. The Labute approximate surface area is 104 Å². The molecule has 0 N–H and O–H groups in total. The fourth-order valence-corrected chi connectivity index (χ4v) is 12.0. The third-order valence-electron chi connectivity index (χ3n) is 6.07. The van der Waals surface area contributed by atoms with Crippen LogP contribution in [0.2, 0.25) is 22.2 Å². The molecular weight excluding hydrogens is 208 g/mol. The molecule has 1 heteroatoms. The summed E-state index contributed by atoms with van der Waals surface area (Å²) in [4.78, 5) is 0. The van der Waals surface area contributed by atoms with Gasteiger partial charge in [-0.25, -0.2) is 0 Å². The van der Waals surface area contributed by atoms with Gasteiger partial charge in [-0.05, 0) is 10.1 Å². The van der Waals surface area contributed by atoms with Crippen LogP contribution in [-0.2, 0) is 0 Å². The Hall–Kier alpha value is 0.217. The van der Waals surface area contributed by atoms with E-state index in [4.69, 9.17) is 0 Å². The van der Waals surface area contributed by atoms with Gasteiger partial charge in [0.15, 0.2) is 0 Å². The quantitative estimate of drug-likeness (QED) is 0.529. The van der Waals surface area contributed by atoms with Gasteiger partial charge in [-0.15, -0.1) is 0 Å². The molecule has 0 aromatic rings. The SMILES string of the molecule is CCC(C)(C)[Si]1(C(C)(C)CC)CCCCC1. The molecule has 0 aliphatic carbocycles. The van der Waals surface area contributed by atoms with Gasteiger partial charge in [-0.3, -0.25) is 0 Å². The minimum absolute atomic E-state index is 0.632. The van der Waals surface area contributed by atoms with E-state index in [-0.39, 0.29) is 0 Å². The molecule has 16 heavy (non-hydrogen) atoms. The van der Waals surface area contributed by atoms with E-state index in [9.17, 15) is 0 Å². The zero-order chi connectivity index (χ0) is 12.4. The zero-order valence-corrected chi connectivity index (χ0v) is 13.4. The van der Waals surface area contributed by atoms with Crippen molar-refractivity contribution in [2.75, 3.05) is 0 Å². The lowest BCUT2D eigenvalue weighted by Crippen LogP contribution is -2.54. The molecule has 1 rings (SSSR count). The Bertz CT molecular complexity index is 204. The van der Waals surface area contributed by atoms with Crippen LogP contribution in [0.15, 0.2) is 0 Å². The van der Waals surface area contributed by atoms with E-state index in [0.717, 1.165) is 0 Å². The van der Waals surface area contributed by atoms with Crippen molar-refractivity contribution in [3.05, 3.63) is 0 Å². The molecule has 0 aromatic carbocycles. The predicted octanol–water partition coefficient (Wildman–Crippen LogP) is 6.00. The second-order valence-corrected chi connectivity index (χ2v) is 13.0. The van der Waals surface area contributed by atoms with Gasteiger partial charge in [0.2, 0.25) is 0 Å². The summed E-state index contributed by atoms with van der Waals surface area (Å²) in [6.07, 6.45) is 7.28. The Morgan fingerprint density at radius 1 is 0.750 bits per heavy atom. The third-order valence-corrected chi connectivity index (χ3v) is 14.4. The topological polar surface area (TPSA) is 0 Å². The lowest BCUT2D eigenvalue weighted by molar-refractivity contribution is 0.491. The monoisotopic (exact) mass is 240 g/mol. The summed E-state index contributed by atoms with van der Waals surface area (Å²) >= 11 is 0. The highest BCUT2D eigenvalue weighted by atomic mass is 28.3. The first-order valence-electron chi connectivity index (χ1n) is 7.33. The van der Waals surface area contributed by atoms with E-state index in [1.165, 1.54) is 32.1 Å². The van der Waals surface area contributed by atoms with Gasteiger partial charge < -0.3 is 0 Å². The summed E-state index contributed by atoms with van der Waals surface area (Å²) in [7, 11) is -1.14. The van der Waals surface area contributed by atoms with E-state index in [1.54, 1.807) is 12.1 Å². The largest absolute Gasteiger partial charge is 0.0651 e. The van der Waals surface area contributed by atoms with Gasteiger partial charge in [-0.2, -0.15) is 0 Å². The molecule has 1 aliphatic heterocycles. The van der Waals surface area contributed by atoms with Crippen molar-refractivity contribution in [3.8, 4) is 0 Å². The molecular formula is C15H32Si. The van der Waals surface area contributed by atoms with E-state index < -0.39 is 8.07 Å². The smallest absolute Gasteiger partial charge is 0.0649 e. The number of hydrogen-bond acceptors (Lipinski definition) is 0. The molecule has 0 saturated carbocycles. The van der Waals surface area contributed by atoms with Crippen molar-refractivity contribution in [1.82, 2.24) is 0 Å². The first-order chi connectivity index (χ1) is 7.33. The molecule has 0 spiro atoms. The van der Waals surface area contributed by atoms with Crippen molar-refractivity contribution in [2.24, 2.45) is 0 Å². The van der Waals surface area contributed by atoms with E-state index in [1.807, 2.05) is 0 Å². The van der Waals surface area contributed by atoms with Crippen molar-refractivity contribution >= 4 is 8.07 Å². The molecule has 96 valence electrons. The molecule has 1 fully saturated rings. The maximum atomic E-state index is 2.57. The Morgan fingerprint density at radius 2 is 1.12 bits per heavy atom.